The normalized spacial score (nSPS) is 17.0. The molecule has 1 aliphatic rings. The predicted molar refractivity (Wildman–Crippen MR) is 104 cm³/mol. The Labute approximate surface area is 157 Å². The van der Waals surface area contributed by atoms with Gasteiger partial charge in [-0.2, -0.15) is 0 Å². The average Bonchev–Trinajstić information content (AvgIpc) is 3.19. The van der Waals surface area contributed by atoms with Gasteiger partial charge in [-0.25, -0.2) is 4.98 Å². The lowest BCUT2D eigenvalue weighted by Crippen LogP contribution is -2.24. The fraction of sp³-hybridized carbons (Fsp3) is 0.238. The molecule has 1 saturated heterocycles. The molecule has 0 radical (unpaired) electrons. The van der Waals surface area contributed by atoms with E-state index in [-0.39, 0.29) is 11.8 Å². The number of nitrogens with zero attached hydrogens (tertiary/aromatic N) is 3. The maximum absolute atomic E-state index is 12.6. The maximum Gasteiger partial charge on any atom is 0.227 e. The molecule has 1 aromatic heterocycles. The number of aromatic nitrogens is 2. The minimum absolute atomic E-state index is 0.00308. The van der Waals surface area contributed by atoms with E-state index in [4.69, 9.17) is 23.0 Å². The van der Waals surface area contributed by atoms with Gasteiger partial charge in [-0.3, -0.25) is 4.79 Å². The molecule has 0 aliphatic carbocycles. The van der Waals surface area contributed by atoms with Crippen molar-refractivity contribution in [2.75, 3.05) is 11.4 Å². The third-order valence-electron chi connectivity index (χ3n) is 4.89. The number of hydrogen-bond acceptors (Lipinski definition) is 2. The number of para-hydroxylation sites is 2. The van der Waals surface area contributed by atoms with Crippen LogP contribution in [-0.4, -0.2) is 22.0 Å². The topological polar surface area (TPSA) is 38.1 Å². The van der Waals surface area contributed by atoms with E-state index in [1.165, 1.54) is 0 Å². The third kappa shape index (κ3) is 2.75. The standard InChI is InChI=1S/C21H18ClN3O/c1-3-10-24-19-7-5-4-6-18(19)23-21(24)15-11-20(26)25(13-15)16-9-8-14(2)17(22)12-16/h1,4-9,12,15H,10-11,13H2,2H3/t15-/m1/s1. The molecule has 0 spiro atoms. The van der Waals surface area contributed by atoms with Crippen molar-refractivity contribution in [2.45, 2.75) is 25.8 Å². The molecular formula is C21H18ClN3O. The molecule has 2 heterocycles. The predicted octanol–water partition coefficient (Wildman–Crippen LogP) is 4.15. The second-order valence-corrected chi connectivity index (χ2v) is 7.00. The van der Waals surface area contributed by atoms with Crippen molar-refractivity contribution >= 4 is 34.2 Å². The number of aryl methyl sites for hydroxylation is 1. The van der Waals surface area contributed by atoms with E-state index in [2.05, 4.69) is 5.92 Å². The number of carbonyl (C=O) groups excluding carboxylic acids is 1. The number of carbonyl (C=O) groups is 1. The average molecular weight is 364 g/mol. The van der Waals surface area contributed by atoms with Crippen molar-refractivity contribution in [2.24, 2.45) is 0 Å². The third-order valence-corrected chi connectivity index (χ3v) is 5.30. The molecular weight excluding hydrogens is 346 g/mol. The Morgan fingerprint density at radius 2 is 2.12 bits per heavy atom. The number of rotatable bonds is 3. The Bertz CT molecular complexity index is 1050. The molecule has 2 aromatic carbocycles. The maximum atomic E-state index is 12.6. The van der Waals surface area contributed by atoms with Gasteiger partial charge in [-0.15, -0.1) is 6.42 Å². The van der Waals surface area contributed by atoms with Gasteiger partial charge in [0.25, 0.3) is 0 Å². The molecule has 130 valence electrons. The van der Waals surface area contributed by atoms with Gasteiger partial charge in [0.05, 0.1) is 17.6 Å². The van der Waals surface area contributed by atoms with E-state index in [1.807, 2.05) is 54.0 Å². The van der Waals surface area contributed by atoms with E-state index in [9.17, 15) is 4.79 Å². The lowest BCUT2D eigenvalue weighted by atomic mass is 10.1. The molecule has 26 heavy (non-hydrogen) atoms. The van der Waals surface area contributed by atoms with E-state index in [1.54, 1.807) is 4.90 Å². The van der Waals surface area contributed by atoms with Crippen LogP contribution in [0, 0.1) is 19.3 Å². The van der Waals surface area contributed by atoms with Crippen LogP contribution in [0.2, 0.25) is 5.02 Å². The van der Waals surface area contributed by atoms with Crippen molar-refractivity contribution in [3.63, 3.8) is 0 Å². The summed E-state index contributed by atoms with van der Waals surface area (Å²) in [4.78, 5) is 19.2. The van der Waals surface area contributed by atoms with Crippen LogP contribution >= 0.6 is 11.6 Å². The Morgan fingerprint density at radius 1 is 1.31 bits per heavy atom. The first-order valence-electron chi connectivity index (χ1n) is 8.53. The fourth-order valence-corrected chi connectivity index (χ4v) is 3.72. The summed E-state index contributed by atoms with van der Waals surface area (Å²) in [5.41, 5.74) is 3.73. The monoisotopic (exact) mass is 363 g/mol. The molecule has 1 fully saturated rings. The highest BCUT2D eigenvalue weighted by molar-refractivity contribution is 6.31. The van der Waals surface area contributed by atoms with Crippen LogP contribution in [0.5, 0.6) is 0 Å². The van der Waals surface area contributed by atoms with Crippen LogP contribution < -0.4 is 4.90 Å². The molecule has 3 aromatic rings. The number of anilines is 1. The van der Waals surface area contributed by atoms with Crippen LogP contribution in [0.25, 0.3) is 11.0 Å². The quantitative estimate of drug-likeness (QED) is 0.655. The zero-order valence-electron chi connectivity index (χ0n) is 14.4. The fourth-order valence-electron chi connectivity index (χ4n) is 3.54. The van der Waals surface area contributed by atoms with Gasteiger partial charge in [0.15, 0.2) is 0 Å². The zero-order chi connectivity index (χ0) is 18.3. The lowest BCUT2D eigenvalue weighted by Gasteiger charge is -2.18. The SMILES string of the molecule is C#CCn1c([C@@H]2CC(=O)N(c3ccc(C)c(Cl)c3)C2)nc2ccccc21. The molecule has 0 unspecified atom stereocenters. The number of halogens is 1. The highest BCUT2D eigenvalue weighted by Crippen LogP contribution is 2.34. The summed E-state index contributed by atoms with van der Waals surface area (Å²) in [7, 11) is 0. The molecule has 1 aliphatic heterocycles. The Balaban J connectivity index is 1.71. The first-order valence-corrected chi connectivity index (χ1v) is 8.91. The molecule has 1 amide bonds. The molecule has 4 nitrogen and oxygen atoms in total. The van der Waals surface area contributed by atoms with Gasteiger partial charge >= 0.3 is 0 Å². The largest absolute Gasteiger partial charge is 0.316 e. The number of hydrogen-bond donors (Lipinski definition) is 0. The smallest absolute Gasteiger partial charge is 0.227 e. The summed E-state index contributed by atoms with van der Waals surface area (Å²) in [6.07, 6.45) is 5.98. The van der Waals surface area contributed by atoms with Gasteiger partial charge in [-0.1, -0.05) is 35.7 Å². The first kappa shape index (κ1) is 16.7. The summed E-state index contributed by atoms with van der Waals surface area (Å²) < 4.78 is 2.04. The van der Waals surface area contributed by atoms with Crippen LogP contribution in [0.1, 0.15) is 23.7 Å². The first-order chi connectivity index (χ1) is 12.6. The molecule has 4 rings (SSSR count). The van der Waals surface area contributed by atoms with E-state index in [0.717, 1.165) is 28.1 Å². The van der Waals surface area contributed by atoms with E-state index < -0.39 is 0 Å². The van der Waals surface area contributed by atoms with Crippen LogP contribution in [0.3, 0.4) is 0 Å². The molecule has 0 N–H and O–H groups in total. The van der Waals surface area contributed by atoms with Gasteiger partial charge in [0.1, 0.15) is 5.82 Å². The van der Waals surface area contributed by atoms with E-state index >= 15 is 0 Å². The highest BCUT2D eigenvalue weighted by Gasteiger charge is 2.34. The number of fused-ring (bicyclic) bond motifs is 1. The summed E-state index contributed by atoms with van der Waals surface area (Å²) in [5.74, 6) is 3.66. The van der Waals surface area contributed by atoms with Crippen molar-refractivity contribution in [1.29, 1.82) is 0 Å². The minimum Gasteiger partial charge on any atom is -0.316 e. The van der Waals surface area contributed by atoms with Crippen molar-refractivity contribution in [3.05, 3.63) is 58.9 Å². The van der Waals surface area contributed by atoms with Crippen molar-refractivity contribution in [3.8, 4) is 12.3 Å². The number of benzene rings is 2. The van der Waals surface area contributed by atoms with Gasteiger partial charge in [-0.05, 0) is 36.8 Å². The van der Waals surface area contributed by atoms with Crippen LogP contribution in [-0.2, 0) is 11.3 Å². The number of terminal acetylenes is 1. The molecule has 0 bridgehead atoms. The van der Waals surface area contributed by atoms with E-state index in [0.29, 0.717) is 24.5 Å². The van der Waals surface area contributed by atoms with Crippen molar-refractivity contribution in [1.82, 2.24) is 9.55 Å². The molecule has 1 atom stereocenters. The second kappa shape index (κ2) is 6.51. The summed E-state index contributed by atoms with van der Waals surface area (Å²) in [5, 5.41) is 0.665. The van der Waals surface area contributed by atoms with Crippen molar-refractivity contribution < 1.29 is 4.79 Å². The van der Waals surface area contributed by atoms with Gasteiger partial charge in [0, 0.05) is 29.6 Å². The highest BCUT2D eigenvalue weighted by atomic mass is 35.5. The summed E-state index contributed by atoms with van der Waals surface area (Å²) in [6, 6.07) is 13.6. The lowest BCUT2D eigenvalue weighted by molar-refractivity contribution is -0.117. The van der Waals surface area contributed by atoms with Gasteiger partial charge < -0.3 is 9.47 Å². The zero-order valence-corrected chi connectivity index (χ0v) is 15.2. The van der Waals surface area contributed by atoms with Crippen LogP contribution in [0.4, 0.5) is 5.69 Å². The molecule has 0 saturated carbocycles. The number of amides is 1. The van der Waals surface area contributed by atoms with Gasteiger partial charge in [0.2, 0.25) is 5.91 Å². The second-order valence-electron chi connectivity index (χ2n) is 6.59. The molecule has 5 heteroatoms. The summed E-state index contributed by atoms with van der Waals surface area (Å²) in [6.45, 7) is 2.96. The summed E-state index contributed by atoms with van der Waals surface area (Å²) >= 11 is 6.24. The minimum atomic E-state index is 0.00308. The van der Waals surface area contributed by atoms with Crippen LogP contribution in [0.15, 0.2) is 42.5 Å². The number of imidazole rings is 1. The Morgan fingerprint density at radius 3 is 2.88 bits per heavy atom. The Hall–Kier alpha value is -2.77. The Kier molecular flexibility index (Phi) is 4.18.